The van der Waals surface area contributed by atoms with Gasteiger partial charge in [0.2, 0.25) is 0 Å². The van der Waals surface area contributed by atoms with E-state index in [1.807, 2.05) is 0 Å². The fourth-order valence-corrected chi connectivity index (χ4v) is 3.71. The molecule has 0 spiro atoms. The minimum absolute atomic E-state index is 0.0521. The van der Waals surface area contributed by atoms with E-state index < -0.39 is 37.0 Å². The van der Waals surface area contributed by atoms with Crippen LogP contribution in [0.5, 0.6) is 17.2 Å². The van der Waals surface area contributed by atoms with Gasteiger partial charge in [-0.2, -0.15) is 0 Å². The molecule has 0 aliphatic carbocycles. The van der Waals surface area contributed by atoms with Gasteiger partial charge in [0.1, 0.15) is 29.8 Å². The fourth-order valence-electron chi connectivity index (χ4n) is 3.71. The van der Waals surface area contributed by atoms with Crippen molar-refractivity contribution in [3.8, 4) is 17.2 Å². The van der Waals surface area contributed by atoms with Crippen molar-refractivity contribution >= 4 is 5.78 Å². The minimum Gasteiger partial charge on any atom is -0.508 e. The second-order valence-electron chi connectivity index (χ2n) is 8.40. The summed E-state index contributed by atoms with van der Waals surface area (Å²) in [5.41, 5.74) is 1.54. The molecule has 1 saturated heterocycles. The van der Waals surface area contributed by atoms with E-state index in [1.165, 1.54) is 24.3 Å². The normalized spacial score (nSPS) is 25.7. The van der Waals surface area contributed by atoms with Crippen LogP contribution in [0.25, 0.3) is 0 Å². The van der Waals surface area contributed by atoms with Crippen molar-refractivity contribution in [3.05, 3.63) is 53.6 Å². The lowest BCUT2D eigenvalue weighted by molar-refractivity contribution is -0.347. The first-order valence-corrected chi connectivity index (χ1v) is 11.0. The molecule has 0 radical (unpaired) electrons. The molecule has 2 aromatic rings. The standard InChI is InChI=1S/C24H30O10/c25-15-6-1-13(2-7-15)3-8-16(26)12-17(9-4-14-5-10-18(27)19(28)11-14)33-24-22(31)20(29)21(30)23(32)34-24/h1-2,5-7,10-11,17,20-25,27-32H,3-4,8-9,12H2/t17?,20-,21-,22+,23-,24+/m1/s1. The molecule has 186 valence electrons. The number of benzene rings is 2. The summed E-state index contributed by atoms with van der Waals surface area (Å²) in [6.07, 6.45) is -7.89. The molecule has 6 atom stereocenters. The summed E-state index contributed by atoms with van der Waals surface area (Å²) in [5.74, 6) is -0.560. The van der Waals surface area contributed by atoms with Crippen LogP contribution in [0.1, 0.15) is 30.4 Å². The lowest BCUT2D eigenvalue weighted by Gasteiger charge is -2.39. The van der Waals surface area contributed by atoms with Crippen LogP contribution in [0.2, 0.25) is 0 Å². The highest BCUT2D eigenvalue weighted by molar-refractivity contribution is 5.79. The first-order chi connectivity index (χ1) is 16.1. The third-order valence-electron chi connectivity index (χ3n) is 5.75. The van der Waals surface area contributed by atoms with Gasteiger partial charge in [0.05, 0.1) is 6.10 Å². The predicted octanol–water partition coefficient (Wildman–Crippen LogP) is 0.471. The smallest absolute Gasteiger partial charge is 0.189 e. The molecular formula is C24H30O10. The molecule has 0 saturated carbocycles. The van der Waals surface area contributed by atoms with E-state index in [-0.39, 0.29) is 42.3 Å². The van der Waals surface area contributed by atoms with Gasteiger partial charge in [-0.05, 0) is 54.7 Å². The van der Waals surface area contributed by atoms with Gasteiger partial charge in [-0.1, -0.05) is 18.2 Å². The van der Waals surface area contributed by atoms with Gasteiger partial charge >= 0.3 is 0 Å². The summed E-state index contributed by atoms with van der Waals surface area (Å²) in [6, 6.07) is 10.8. The van der Waals surface area contributed by atoms with E-state index in [1.54, 1.807) is 18.2 Å². The maximum absolute atomic E-state index is 12.7. The number of aliphatic hydroxyl groups is 4. The monoisotopic (exact) mass is 478 g/mol. The first-order valence-electron chi connectivity index (χ1n) is 11.0. The Morgan fingerprint density at radius 1 is 0.853 bits per heavy atom. The maximum Gasteiger partial charge on any atom is 0.189 e. The Labute approximate surface area is 196 Å². The van der Waals surface area contributed by atoms with Crippen molar-refractivity contribution in [1.82, 2.24) is 0 Å². The highest BCUT2D eigenvalue weighted by atomic mass is 16.7. The van der Waals surface area contributed by atoms with Gasteiger partial charge in [-0.3, -0.25) is 4.79 Å². The van der Waals surface area contributed by atoms with Crippen molar-refractivity contribution in [3.63, 3.8) is 0 Å². The molecule has 10 nitrogen and oxygen atoms in total. The molecule has 0 bridgehead atoms. The molecule has 1 aliphatic heterocycles. The zero-order valence-electron chi connectivity index (χ0n) is 18.4. The molecule has 3 rings (SSSR count). The number of aryl methyl sites for hydroxylation is 2. The number of hydrogen-bond acceptors (Lipinski definition) is 10. The third-order valence-corrected chi connectivity index (χ3v) is 5.75. The van der Waals surface area contributed by atoms with E-state index in [9.17, 15) is 40.5 Å². The summed E-state index contributed by atoms with van der Waals surface area (Å²) in [5, 5.41) is 68.1. The fraction of sp³-hybridized carbons (Fsp3) is 0.458. The van der Waals surface area contributed by atoms with Crippen LogP contribution in [0.15, 0.2) is 42.5 Å². The Morgan fingerprint density at radius 3 is 2.21 bits per heavy atom. The molecule has 1 heterocycles. The van der Waals surface area contributed by atoms with Gasteiger partial charge < -0.3 is 45.2 Å². The van der Waals surface area contributed by atoms with Crippen molar-refractivity contribution < 1.29 is 50.0 Å². The molecule has 10 heteroatoms. The quantitative estimate of drug-likeness (QED) is 0.238. The van der Waals surface area contributed by atoms with Crippen molar-refractivity contribution in [1.29, 1.82) is 0 Å². The minimum atomic E-state index is -1.77. The van der Waals surface area contributed by atoms with E-state index in [2.05, 4.69) is 0 Å². The van der Waals surface area contributed by atoms with E-state index >= 15 is 0 Å². The summed E-state index contributed by atoms with van der Waals surface area (Å²) >= 11 is 0. The Morgan fingerprint density at radius 2 is 1.53 bits per heavy atom. The number of ether oxygens (including phenoxy) is 2. The Balaban J connectivity index is 1.65. The second-order valence-corrected chi connectivity index (χ2v) is 8.40. The number of carbonyl (C=O) groups is 1. The van der Waals surface area contributed by atoms with Crippen LogP contribution in [-0.2, 0) is 27.1 Å². The zero-order valence-corrected chi connectivity index (χ0v) is 18.4. The van der Waals surface area contributed by atoms with Crippen LogP contribution in [-0.4, -0.2) is 78.5 Å². The average molecular weight is 478 g/mol. The molecule has 0 aromatic heterocycles. The number of phenolic OH excluding ortho intramolecular Hbond substituents is 3. The topological polar surface area (TPSA) is 177 Å². The van der Waals surface area contributed by atoms with Gasteiger partial charge in [0.15, 0.2) is 24.1 Å². The van der Waals surface area contributed by atoms with Crippen molar-refractivity contribution in [2.24, 2.45) is 0 Å². The molecule has 1 unspecified atom stereocenters. The van der Waals surface area contributed by atoms with Crippen LogP contribution in [0.3, 0.4) is 0 Å². The third kappa shape index (κ3) is 6.89. The largest absolute Gasteiger partial charge is 0.508 e. The van der Waals surface area contributed by atoms with Gasteiger partial charge in [-0.25, -0.2) is 0 Å². The highest BCUT2D eigenvalue weighted by Crippen LogP contribution is 2.27. The van der Waals surface area contributed by atoms with Gasteiger partial charge in [0, 0.05) is 12.8 Å². The molecule has 0 amide bonds. The number of hydrogen-bond donors (Lipinski definition) is 7. The zero-order chi connectivity index (χ0) is 24.8. The van der Waals surface area contributed by atoms with Crippen LogP contribution in [0, 0.1) is 0 Å². The number of aromatic hydroxyl groups is 3. The van der Waals surface area contributed by atoms with Crippen LogP contribution < -0.4 is 0 Å². The van der Waals surface area contributed by atoms with Crippen molar-refractivity contribution in [2.75, 3.05) is 0 Å². The molecule has 2 aromatic carbocycles. The van der Waals surface area contributed by atoms with Crippen molar-refractivity contribution in [2.45, 2.75) is 69.1 Å². The number of rotatable bonds is 10. The summed E-state index contributed by atoms with van der Waals surface area (Å²) in [4.78, 5) is 12.7. The predicted molar refractivity (Wildman–Crippen MR) is 118 cm³/mol. The van der Waals surface area contributed by atoms with Gasteiger partial charge in [-0.15, -0.1) is 0 Å². The number of ketones is 1. The number of aliphatic hydroxyl groups excluding tert-OH is 4. The highest BCUT2D eigenvalue weighted by Gasteiger charge is 2.44. The lowest BCUT2D eigenvalue weighted by Crippen LogP contribution is -2.58. The van der Waals surface area contributed by atoms with Crippen LogP contribution >= 0.6 is 0 Å². The maximum atomic E-state index is 12.7. The van der Waals surface area contributed by atoms with Gasteiger partial charge in [0.25, 0.3) is 0 Å². The summed E-state index contributed by atoms with van der Waals surface area (Å²) in [7, 11) is 0. The molecule has 1 fully saturated rings. The molecule has 7 N–H and O–H groups in total. The summed E-state index contributed by atoms with van der Waals surface area (Å²) in [6.45, 7) is 0. The summed E-state index contributed by atoms with van der Waals surface area (Å²) < 4.78 is 10.8. The van der Waals surface area contributed by atoms with E-state index in [0.717, 1.165) is 5.56 Å². The second kappa shape index (κ2) is 11.6. The Bertz CT molecular complexity index is 947. The number of carbonyl (C=O) groups excluding carboxylic acids is 1. The Hall–Kier alpha value is -2.73. The molecule has 34 heavy (non-hydrogen) atoms. The number of phenols is 3. The lowest BCUT2D eigenvalue weighted by atomic mass is 9.99. The van der Waals surface area contributed by atoms with E-state index in [4.69, 9.17) is 9.47 Å². The Kier molecular flexibility index (Phi) is 8.84. The number of Topliss-reactive ketones (excluding diaryl/α,β-unsaturated/α-hetero) is 1. The van der Waals surface area contributed by atoms with Crippen LogP contribution in [0.4, 0.5) is 0 Å². The average Bonchev–Trinajstić information content (AvgIpc) is 2.81. The molecule has 1 aliphatic rings. The SMILES string of the molecule is O=C(CCc1ccc(O)cc1)CC(CCc1ccc(O)c(O)c1)O[C@H]1O[C@@H](O)[C@H](O)[C@@H](O)[C@@H]1O. The first kappa shape index (κ1) is 25.9. The molecular weight excluding hydrogens is 448 g/mol. The van der Waals surface area contributed by atoms with E-state index in [0.29, 0.717) is 18.4 Å².